The molecule has 0 saturated carbocycles. The van der Waals surface area contributed by atoms with Gasteiger partial charge in [-0.05, 0) is 36.3 Å². The lowest BCUT2D eigenvalue weighted by Gasteiger charge is -2.36. The maximum atomic E-state index is 5.75. The summed E-state index contributed by atoms with van der Waals surface area (Å²) in [5.41, 5.74) is 9.31. The van der Waals surface area contributed by atoms with Gasteiger partial charge in [-0.1, -0.05) is 32.2 Å². The van der Waals surface area contributed by atoms with Crippen LogP contribution in [-0.4, -0.2) is 16.5 Å². The minimum Gasteiger partial charge on any atom is -0.493 e. The Bertz CT molecular complexity index is 1040. The standard InChI is InChI=1S/C22H20N2O/c1-12-6-5-7-20-17(12)8-16-10-24-14(3)19-11-25-15(4)13(2)18(19)9-21(24)22(16)23-20/h5-9,13H,3-4,10-11H2,1-2H3. The van der Waals surface area contributed by atoms with Crippen LogP contribution in [0.5, 0.6) is 0 Å². The second-order valence-corrected chi connectivity index (χ2v) is 7.11. The summed E-state index contributed by atoms with van der Waals surface area (Å²) in [7, 11) is 0. The van der Waals surface area contributed by atoms with Gasteiger partial charge in [0.05, 0.1) is 29.2 Å². The summed E-state index contributed by atoms with van der Waals surface area (Å²) in [4.78, 5) is 7.26. The van der Waals surface area contributed by atoms with Gasteiger partial charge in [0.15, 0.2) is 0 Å². The number of pyridine rings is 1. The molecule has 1 atom stereocenters. The van der Waals surface area contributed by atoms with Crippen LogP contribution in [0.4, 0.5) is 0 Å². The van der Waals surface area contributed by atoms with Gasteiger partial charge in [-0.15, -0.1) is 0 Å². The van der Waals surface area contributed by atoms with Gasteiger partial charge in [-0.2, -0.15) is 0 Å². The van der Waals surface area contributed by atoms with Crippen LogP contribution in [0.2, 0.25) is 0 Å². The average molecular weight is 328 g/mol. The summed E-state index contributed by atoms with van der Waals surface area (Å²) in [6.45, 7) is 14.1. The molecule has 1 aromatic carbocycles. The van der Waals surface area contributed by atoms with Crippen molar-refractivity contribution in [2.45, 2.75) is 20.4 Å². The highest BCUT2D eigenvalue weighted by Crippen LogP contribution is 2.45. The van der Waals surface area contributed by atoms with Crippen LogP contribution in [0, 0.1) is 12.8 Å². The van der Waals surface area contributed by atoms with E-state index in [0.29, 0.717) is 6.61 Å². The number of hydrogen-bond donors (Lipinski definition) is 0. The average Bonchev–Trinajstić information content (AvgIpc) is 2.96. The topological polar surface area (TPSA) is 25.4 Å². The van der Waals surface area contributed by atoms with Gasteiger partial charge in [-0.25, -0.2) is 4.98 Å². The molecule has 5 rings (SSSR count). The van der Waals surface area contributed by atoms with Gasteiger partial charge in [0, 0.05) is 28.1 Å². The van der Waals surface area contributed by atoms with E-state index in [1.807, 2.05) is 0 Å². The van der Waals surface area contributed by atoms with Crippen LogP contribution >= 0.6 is 0 Å². The molecule has 4 heterocycles. The summed E-state index contributed by atoms with van der Waals surface area (Å²) in [6.07, 6.45) is 2.27. The van der Waals surface area contributed by atoms with E-state index in [9.17, 15) is 0 Å². The number of allylic oxidation sites excluding steroid dienone is 2. The summed E-state index contributed by atoms with van der Waals surface area (Å²) < 4.78 is 5.75. The van der Waals surface area contributed by atoms with Gasteiger partial charge in [0.2, 0.25) is 0 Å². The van der Waals surface area contributed by atoms with Gasteiger partial charge in [0.1, 0.15) is 6.61 Å². The third kappa shape index (κ3) is 1.89. The van der Waals surface area contributed by atoms with Crippen molar-refractivity contribution in [2.24, 2.45) is 5.92 Å². The highest BCUT2D eigenvalue weighted by Gasteiger charge is 2.36. The third-order valence-electron chi connectivity index (χ3n) is 5.68. The van der Waals surface area contributed by atoms with E-state index < -0.39 is 0 Å². The fourth-order valence-corrected chi connectivity index (χ4v) is 4.08. The number of benzene rings is 1. The van der Waals surface area contributed by atoms with Crippen LogP contribution in [-0.2, 0) is 11.3 Å². The number of rotatable bonds is 0. The van der Waals surface area contributed by atoms with Gasteiger partial charge in [0.25, 0.3) is 0 Å². The maximum absolute atomic E-state index is 5.75. The molecule has 0 radical (unpaired) electrons. The second-order valence-electron chi connectivity index (χ2n) is 7.11. The van der Waals surface area contributed by atoms with Gasteiger partial charge in [-0.3, -0.25) is 0 Å². The molecule has 124 valence electrons. The monoisotopic (exact) mass is 328 g/mol. The van der Waals surface area contributed by atoms with Gasteiger partial charge >= 0.3 is 0 Å². The second kappa shape index (κ2) is 4.85. The van der Waals surface area contributed by atoms with E-state index >= 15 is 0 Å². The number of nitrogens with zero attached hydrogens (tertiary/aromatic N) is 2. The molecule has 2 aromatic rings. The summed E-state index contributed by atoms with van der Waals surface area (Å²) >= 11 is 0. The minimum atomic E-state index is 0.182. The molecule has 0 aliphatic carbocycles. The quantitative estimate of drug-likeness (QED) is 0.701. The zero-order valence-corrected chi connectivity index (χ0v) is 14.6. The minimum absolute atomic E-state index is 0.182. The molecule has 3 aliphatic heterocycles. The van der Waals surface area contributed by atoms with Crippen molar-refractivity contribution in [2.75, 3.05) is 6.61 Å². The van der Waals surface area contributed by atoms with Crippen LogP contribution in [0.3, 0.4) is 0 Å². The molecule has 0 spiro atoms. The molecule has 3 heteroatoms. The number of fused-ring (bicyclic) bond motifs is 4. The van der Waals surface area contributed by atoms with E-state index in [0.717, 1.165) is 34.9 Å². The van der Waals surface area contributed by atoms with E-state index in [2.05, 4.69) is 62.2 Å². The Morgan fingerprint density at radius 1 is 1.28 bits per heavy atom. The number of aryl methyl sites for hydroxylation is 1. The lowest BCUT2D eigenvalue weighted by molar-refractivity contribution is 0.197. The number of aromatic nitrogens is 1. The molecular formula is C22H20N2O. The first kappa shape index (κ1) is 14.5. The van der Waals surface area contributed by atoms with Crippen molar-refractivity contribution >= 4 is 16.6 Å². The Kier molecular flexibility index (Phi) is 2.82. The zero-order valence-electron chi connectivity index (χ0n) is 14.6. The Morgan fingerprint density at radius 2 is 2.12 bits per heavy atom. The van der Waals surface area contributed by atoms with Crippen LogP contribution < -0.4 is 0 Å². The van der Waals surface area contributed by atoms with Crippen molar-refractivity contribution in [3.8, 4) is 0 Å². The molecule has 0 saturated heterocycles. The van der Waals surface area contributed by atoms with E-state index in [1.165, 1.54) is 27.7 Å². The largest absolute Gasteiger partial charge is 0.493 e. The predicted octanol–water partition coefficient (Wildman–Crippen LogP) is 4.70. The number of hydrogen-bond acceptors (Lipinski definition) is 3. The Balaban J connectivity index is 1.72. The summed E-state index contributed by atoms with van der Waals surface area (Å²) in [5.74, 6) is 1.01. The Morgan fingerprint density at radius 3 is 2.96 bits per heavy atom. The normalized spacial score (nSPS) is 21.8. The Hall–Kier alpha value is -2.81. The van der Waals surface area contributed by atoms with E-state index in [1.54, 1.807) is 0 Å². The molecule has 25 heavy (non-hydrogen) atoms. The van der Waals surface area contributed by atoms with E-state index in [-0.39, 0.29) is 5.92 Å². The highest BCUT2D eigenvalue weighted by atomic mass is 16.5. The molecule has 1 aromatic heterocycles. The molecule has 0 N–H and O–H groups in total. The fourth-order valence-electron chi connectivity index (χ4n) is 4.08. The Labute approximate surface area is 147 Å². The first-order valence-corrected chi connectivity index (χ1v) is 8.67. The third-order valence-corrected chi connectivity index (χ3v) is 5.68. The predicted molar refractivity (Wildman–Crippen MR) is 100 cm³/mol. The molecule has 1 unspecified atom stereocenters. The van der Waals surface area contributed by atoms with Crippen molar-refractivity contribution in [1.29, 1.82) is 0 Å². The maximum Gasteiger partial charge on any atom is 0.115 e. The van der Waals surface area contributed by atoms with Crippen molar-refractivity contribution < 1.29 is 4.74 Å². The van der Waals surface area contributed by atoms with E-state index in [4.69, 9.17) is 9.72 Å². The lowest BCUT2D eigenvalue weighted by atomic mass is 9.87. The van der Waals surface area contributed by atoms with Crippen molar-refractivity contribution in [3.05, 3.63) is 82.9 Å². The molecule has 0 amide bonds. The number of ether oxygens (including phenoxy) is 1. The van der Waals surface area contributed by atoms with Crippen LogP contribution in [0.15, 0.2) is 66.1 Å². The first-order chi connectivity index (χ1) is 12.0. The van der Waals surface area contributed by atoms with Crippen LogP contribution in [0.25, 0.3) is 16.6 Å². The zero-order chi connectivity index (χ0) is 17.3. The molecule has 0 bridgehead atoms. The lowest BCUT2D eigenvalue weighted by Crippen LogP contribution is -2.27. The molecular weight excluding hydrogens is 308 g/mol. The van der Waals surface area contributed by atoms with Crippen molar-refractivity contribution in [1.82, 2.24) is 9.88 Å². The molecule has 0 fully saturated rings. The molecule has 3 aliphatic rings. The molecule has 3 nitrogen and oxygen atoms in total. The smallest absolute Gasteiger partial charge is 0.115 e. The highest BCUT2D eigenvalue weighted by molar-refractivity contribution is 5.87. The fraction of sp³-hybridized carbons (Fsp3) is 0.227. The first-order valence-electron chi connectivity index (χ1n) is 8.67. The SMILES string of the molecule is C=C1OCC2=C(C=C3c4nc5cccc(C)c5cc4CN3C2=C)C1C. The van der Waals surface area contributed by atoms with Crippen molar-refractivity contribution in [3.63, 3.8) is 0 Å². The van der Waals surface area contributed by atoms with Crippen LogP contribution in [0.1, 0.15) is 23.7 Å². The summed E-state index contributed by atoms with van der Waals surface area (Å²) in [6, 6.07) is 8.59. The van der Waals surface area contributed by atoms with Gasteiger partial charge < -0.3 is 9.64 Å². The summed E-state index contributed by atoms with van der Waals surface area (Å²) in [5, 5.41) is 1.23.